The molecule has 0 radical (unpaired) electrons. The van der Waals surface area contributed by atoms with E-state index in [-0.39, 0.29) is 17.8 Å². The number of fused-ring (bicyclic) bond motifs is 2. The standard InChI is InChI=1S/C24H29FN6O/c1-15-10-17-12-21(24(25)20(11-15)29(17)2)30(3)23-7-6-19(27-28-23)18-5-4-16(13-22(18)32)31-9-8-26-14-31/h4-9,13-15,17,20-21,24,32H,10-12H2,1-3H3/t15?,17-,20+,21-,24-/m0/s1. The van der Waals surface area contributed by atoms with E-state index in [2.05, 4.69) is 34.1 Å². The second-order valence-electron chi connectivity index (χ2n) is 9.27. The average molecular weight is 437 g/mol. The zero-order valence-corrected chi connectivity index (χ0v) is 18.6. The molecule has 2 aliphatic heterocycles. The Labute approximate surface area is 187 Å². The van der Waals surface area contributed by atoms with Gasteiger partial charge in [-0.15, -0.1) is 10.2 Å². The molecule has 32 heavy (non-hydrogen) atoms. The van der Waals surface area contributed by atoms with Crippen molar-refractivity contribution in [2.45, 2.75) is 50.5 Å². The number of halogens is 1. The number of alkyl halides is 1. The minimum Gasteiger partial charge on any atom is -0.507 e. The van der Waals surface area contributed by atoms with Crippen molar-refractivity contribution in [3.8, 4) is 22.7 Å². The van der Waals surface area contributed by atoms with Gasteiger partial charge in [0.1, 0.15) is 11.9 Å². The number of aromatic hydroxyl groups is 1. The molecule has 3 aromatic rings. The number of rotatable bonds is 4. The molecule has 2 saturated heterocycles. The van der Waals surface area contributed by atoms with E-state index in [4.69, 9.17) is 0 Å². The third-order valence-electron chi connectivity index (χ3n) is 7.24. The molecule has 1 N–H and O–H groups in total. The van der Waals surface area contributed by atoms with Crippen LogP contribution in [0.3, 0.4) is 0 Å². The minimum absolute atomic E-state index is 0.0388. The van der Waals surface area contributed by atoms with E-state index in [1.807, 2.05) is 47.0 Å². The average Bonchev–Trinajstić information content (AvgIpc) is 3.32. The Morgan fingerprint density at radius 3 is 2.66 bits per heavy atom. The number of hydrogen-bond donors (Lipinski definition) is 1. The van der Waals surface area contributed by atoms with Crippen LogP contribution in [0.15, 0.2) is 49.1 Å². The third kappa shape index (κ3) is 3.62. The Hall–Kier alpha value is -3.00. The summed E-state index contributed by atoms with van der Waals surface area (Å²) in [6.45, 7) is 2.23. The number of benzene rings is 1. The van der Waals surface area contributed by atoms with Crippen molar-refractivity contribution in [1.82, 2.24) is 24.6 Å². The third-order valence-corrected chi connectivity index (χ3v) is 7.24. The lowest BCUT2D eigenvalue weighted by atomic mass is 9.76. The first-order valence-corrected chi connectivity index (χ1v) is 11.2. The Morgan fingerprint density at radius 1 is 1.12 bits per heavy atom. The number of aromatic nitrogens is 4. The molecule has 0 aliphatic carbocycles. The van der Waals surface area contributed by atoms with Crippen LogP contribution < -0.4 is 4.90 Å². The lowest BCUT2D eigenvalue weighted by molar-refractivity contribution is -0.0242. The van der Waals surface area contributed by atoms with Crippen molar-refractivity contribution in [1.29, 1.82) is 0 Å². The van der Waals surface area contributed by atoms with Gasteiger partial charge in [0.25, 0.3) is 0 Å². The molecule has 2 bridgehead atoms. The summed E-state index contributed by atoms with van der Waals surface area (Å²) in [5.41, 5.74) is 1.98. The van der Waals surface area contributed by atoms with Crippen molar-refractivity contribution in [3.63, 3.8) is 0 Å². The van der Waals surface area contributed by atoms with Gasteiger partial charge in [-0.2, -0.15) is 0 Å². The molecule has 168 valence electrons. The first-order valence-electron chi connectivity index (χ1n) is 11.2. The number of phenols is 1. The largest absolute Gasteiger partial charge is 0.507 e. The fourth-order valence-corrected chi connectivity index (χ4v) is 5.37. The molecule has 2 fully saturated rings. The van der Waals surface area contributed by atoms with Crippen LogP contribution in [0.25, 0.3) is 16.9 Å². The first kappa shape index (κ1) is 20.9. The van der Waals surface area contributed by atoms with Crippen LogP contribution in [-0.2, 0) is 0 Å². The van der Waals surface area contributed by atoms with Crippen LogP contribution >= 0.6 is 0 Å². The lowest BCUT2D eigenvalue weighted by Gasteiger charge is -2.52. The van der Waals surface area contributed by atoms with Gasteiger partial charge in [-0.3, -0.25) is 4.90 Å². The monoisotopic (exact) mass is 436 g/mol. The summed E-state index contributed by atoms with van der Waals surface area (Å²) in [6.07, 6.45) is 7.05. The van der Waals surface area contributed by atoms with Gasteiger partial charge < -0.3 is 14.6 Å². The Kier molecular flexibility index (Phi) is 5.33. The summed E-state index contributed by atoms with van der Waals surface area (Å²) in [7, 11) is 3.96. The summed E-state index contributed by atoms with van der Waals surface area (Å²) in [5, 5.41) is 19.2. The van der Waals surface area contributed by atoms with Gasteiger partial charge >= 0.3 is 0 Å². The van der Waals surface area contributed by atoms with Crippen LogP contribution in [-0.4, -0.2) is 68.1 Å². The maximum atomic E-state index is 15.5. The normalized spacial score (nSPS) is 27.9. The molecule has 1 aromatic carbocycles. The summed E-state index contributed by atoms with van der Waals surface area (Å²) in [5.74, 6) is 1.33. The molecule has 7 nitrogen and oxygen atoms in total. The highest BCUT2D eigenvalue weighted by molar-refractivity contribution is 5.69. The van der Waals surface area contributed by atoms with Crippen LogP contribution in [0, 0.1) is 5.92 Å². The van der Waals surface area contributed by atoms with Gasteiger partial charge in [-0.05, 0) is 56.5 Å². The fourth-order valence-electron chi connectivity index (χ4n) is 5.37. The molecule has 2 aromatic heterocycles. The number of nitrogens with zero attached hydrogens (tertiary/aromatic N) is 6. The summed E-state index contributed by atoms with van der Waals surface area (Å²) in [6, 6.07) is 9.22. The highest BCUT2D eigenvalue weighted by Gasteiger charge is 2.47. The fraction of sp³-hybridized carbons (Fsp3) is 0.458. The summed E-state index contributed by atoms with van der Waals surface area (Å²) < 4.78 is 17.3. The molecular formula is C24H29FN6O. The smallest absolute Gasteiger partial charge is 0.151 e. The van der Waals surface area contributed by atoms with E-state index in [0.717, 1.165) is 24.9 Å². The predicted octanol–water partition coefficient (Wildman–Crippen LogP) is 3.68. The van der Waals surface area contributed by atoms with Crippen molar-refractivity contribution in [2.75, 3.05) is 19.0 Å². The number of hydrogen-bond acceptors (Lipinski definition) is 6. The van der Waals surface area contributed by atoms with Crippen molar-refractivity contribution in [3.05, 3.63) is 49.1 Å². The molecule has 1 unspecified atom stereocenters. The van der Waals surface area contributed by atoms with Crippen LogP contribution in [0.1, 0.15) is 26.2 Å². The maximum Gasteiger partial charge on any atom is 0.151 e. The molecule has 0 spiro atoms. The topological polar surface area (TPSA) is 70.3 Å². The molecule has 2 aliphatic rings. The summed E-state index contributed by atoms with van der Waals surface area (Å²) >= 11 is 0. The second-order valence-corrected chi connectivity index (χ2v) is 9.27. The maximum absolute atomic E-state index is 15.5. The number of anilines is 1. The first-order chi connectivity index (χ1) is 15.4. The Balaban J connectivity index is 1.35. The Bertz CT molecular complexity index is 1070. The second kappa shape index (κ2) is 8.16. The number of imidazole rings is 1. The molecule has 0 amide bonds. The molecule has 8 heteroatoms. The van der Waals surface area contributed by atoms with E-state index in [1.165, 1.54) is 0 Å². The summed E-state index contributed by atoms with van der Waals surface area (Å²) in [4.78, 5) is 8.20. The van der Waals surface area contributed by atoms with Gasteiger partial charge in [0.2, 0.25) is 0 Å². The van der Waals surface area contributed by atoms with Gasteiger partial charge in [-0.1, -0.05) is 6.92 Å². The van der Waals surface area contributed by atoms with Gasteiger partial charge in [0, 0.05) is 43.2 Å². The molecule has 4 heterocycles. The van der Waals surface area contributed by atoms with Gasteiger partial charge in [0.05, 0.1) is 23.8 Å². The molecule has 5 rings (SSSR count). The molecule has 0 saturated carbocycles. The SMILES string of the molecule is CC1C[C@H]2C[C@H](N(C)c3ccc(-c4ccc(-n5ccnc5)cc4O)nn3)[C@@H](F)[C@@H](C1)N2C. The number of piperidine rings is 2. The van der Waals surface area contributed by atoms with Crippen LogP contribution in [0.2, 0.25) is 0 Å². The highest BCUT2D eigenvalue weighted by Crippen LogP contribution is 2.39. The van der Waals surface area contributed by atoms with E-state index in [0.29, 0.717) is 29.0 Å². The predicted molar refractivity (Wildman–Crippen MR) is 122 cm³/mol. The lowest BCUT2D eigenvalue weighted by Crippen LogP contribution is -2.63. The van der Waals surface area contributed by atoms with Crippen molar-refractivity contribution in [2.24, 2.45) is 5.92 Å². The van der Waals surface area contributed by atoms with Crippen LogP contribution in [0.5, 0.6) is 5.75 Å². The molecule has 5 atom stereocenters. The van der Waals surface area contributed by atoms with E-state index >= 15 is 4.39 Å². The van der Waals surface area contributed by atoms with Gasteiger partial charge in [0.15, 0.2) is 5.82 Å². The van der Waals surface area contributed by atoms with E-state index < -0.39 is 6.17 Å². The van der Waals surface area contributed by atoms with Crippen LogP contribution in [0.4, 0.5) is 10.2 Å². The van der Waals surface area contributed by atoms with E-state index in [9.17, 15) is 5.11 Å². The van der Waals surface area contributed by atoms with Crippen molar-refractivity contribution < 1.29 is 9.50 Å². The van der Waals surface area contributed by atoms with Crippen molar-refractivity contribution >= 4 is 5.82 Å². The zero-order valence-electron chi connectivity index (χ0n) is 18.6. The molecular weight excluding hydrogens is 407 g/mol. The Morgan fingerprint density at radius 2 is 1.97 bits per heavy atom. The van der Waals surface area contributed by atoms with Gasteiger partial charge in [-0.25, -0.2) is 9.37 Å². The zero-order chi connectivity index (χ0) is 22.4. The quantitative estimate of drug-likeness (QED) is 0.673. The van der Waals surface area contributed by atoms with E-state index in [1.54, 1.807) is 18.6 Å². The minimum atomic E-state index is -0.926. The highest BCUT2D eigenvalue weighted by atomic mass is 19.1. The number of phenolic OH excluding ortho intramolecular Hbond substituents is 1.